The number of amides is 2. The third-order valence-electron chi connectivity index (χ3n) is 6.25. The lowest BCUT2D eigenvalue weighted by Gasteiger charge is -2.47. The summed E-state index contributed by atoms with van der Waals surface area (Å²) in [6.45, 7) is 0.357. The number of sulfonamides is 1. The van der Waals surface area contributed by atoms with Gasteiger partial charge in [0, 0.05) is 18.7 Å². The van der Waals surface area contributed by atoms with Crippen molar-refractivity contribution in [2.75, 3.05) is 18.0 Å². The van der Waals surface area contributed by atoms with E-state index in [1.54, 1.807) is 18.2 Å². The minimum atomic E-state index is -4.11. The fourth-order valence-electron chi connectivity index (χ4n) is 4.52. The number of carbonyl (C=O) groups excluding carboxylic acids is 2. The summed E-state index contributed by atoms with van der Waals surface area (Å²) in [5, 5.41) is 2.88. The summed E-state index contributed by atoms with van der Waals surface area (Å²) in [5.41, 5.74) is -2.20. The first kappa shape index (κ1) is 23.3. The van der Waals surface area contributed by atoms with Crippen LogP contribution in [0.5, 0.6) is 0 Å². The molecule has 4 rings (SSSR count). The molecule has 0 aromatic heterocycles. The first-order valence-electron chi connectivity index (χ1n) is 10.8. The van der Waals surface area contributed by atoms with Crippen molar-refractivity contribution in [3.63, 3.8) is 0 Å². The van der Waals surface area contributed by atoms with Crippen LogP contribution < -0.4 is 10.2 Å². The Hall–Kier alpha value is -2.85. The van der Waals surface area contributed by atoms with Gasteiger partial charge in [0.1, 0.15) is 17.2 Å². The van der Waals surface area contributed by atoms with E-state index in [9.17, 15) is 26.8 Å². The number of anilines is 1. The molecule has 1 saturated carbocycles. The van der Waals surface area contributed by atoms with Crippen molar-refractivity contribution in [1.82, 2.24) is 9.62 Å². The molecule has 1 atom stereocenters. The average Bonchev–Trinajstić information content (AvgIpc) is 3.29. The largest absolute Gasteiger partial charge is 0.351 e. The predicted octanol–water partition coefficient (Wildman–Crippen LogP) is 2.82. The van der Waals surface area contributed by atoms with Crippen molar-refractivity contribution in [3.05, 3.63) is 60.2 Å². The number of nitrogens with zero attached hydrogens (tertiary/aromatic N) is 2. The quantitative estimate of drug-likeness (QED) is 0.718. The zero-order chi connectivity index (χ0) is 23.8. The molecule has 2 aromatic rings. The van der Waals surface area contributed by atoms with Gasteiger partial charge in [-0.15, -0.1) is 0 Å². The summed E-state index contributed by atoms with van der Waals surface area (Å²) in [5.74, 6) is -3.10. The maximum Gasteiger partial charge on any atom is 0.247 e. The van der Waals surface area contributed by atoms with Crippen LogP contribution in [-0.4, -0.2) is 49.2 Å². The molecule has 1 saturated heterocycles. The Morgan fingerprint density at radius 3 is 2.42 bits per heavy atom. The lowest BCUT2D eigenvalue weighted by atomic mass is 9.93. The van der Waals surface area contributed by atoms with Crippen LogP contribution in [0.25, 0.3) is 0 Å². The Morgan fingerprint density at radius 2 is 1.76 bits per heavy atom. The molecule has 2 fully saturated rings. The van der Waals surface area contributed by atoms with Crippen LogP contribution in [0.15, 0.2) is 53.4 Å². The molecule has 0 radical (unpaired) electrons. The summed E-state index contributed by atoms with van der Waals surface area (Å²) in [7, 11) is -4.11. The van der Waals surface area contributed by atoms with Gasteiger partial charge < -0.3 is 5.32 Å². The molecule has 176 valence electrons. The predicted molar refractivity (Wildman–Crippen MR) is 118 cm³/mol. The zero-order valence-corrected chi connectivity index (χ0v) is 18.9. The number of hydrogen-bond acceptors (Lipinski definition) is 4. The average molecular weight is 478 g/mol. The highest BCUT2D eigenvalue weighted by molar-refractivity contribution is 7.89. The third-order valence-corrected chi connectivity index (χ3v) is 8.05. The molecule has 0 bridgehead atoms. The van der Waals surface area contributed by atoms with Crippen LogP contribution in [0.1, 0.15) is 32.6 Å². The molecule has 1 heterocycles. The van der Waals surface area contributed by atoms with Gasteiger partial charge in [-0.3, -0.25) is 14.5 Å². The summed E-state index contributed by atoms with van der Waals surface area (Å²) in [6, 6.07) is 10.1. The molecule has 1 aliphatic carbocycles. The van der Waals surface area contributed by atoms with Crippen molar-refractivity contribution >= 4 is 27.5 Å². The standard InChI is InChI=1S/C23H25F2N3O4S/c1-23(22(30)26-17-7-5-6-8-17)15-27(33(31,32)18-9-3-2-4-10-18)14-21(29)28(23)20-13-16(24)11-12-19(20)25/h2-4,9-13,17H,5-8,14-15H2,1H3,(H,26,30). The fourth-order valence-corrected chi connectivity index (χ4v) is 6.02. The first-order chi connectivity index (χ1) is 15.6. The van der Waals surface area contributed by atoms with Crippen molar-refractivity contribution in [2.24, 2.45) is 0 Å². The normalized spacial score (nSPS) is 22.5. The van der Waals surface area contributed by atoms with E-state index in [-0.39, 0.29) is 10.9 Å². The van der Waals surface area contributed by atoms with Gasteiger partial charge in [0.15, 0.2) is 0 Å². The molecular weight excluding hydrogens is 452 g/mol. The van der Waals surface area contributed by atoms with Gasteiger partial charge in [-0.05, 0) is 44.0 Å². The van der Waals surface area contributed by atoms with E-state index >= 15 is 0 Å². The maximum absolute atomic E-state index is 14.7. The van der Waals surface area contributed by atoms with Gasteiger partial charge in [-0.1, -0.05) is 31.0 Å². The topological polar surface area (TPSA) is 86.8 Å². The molecule has 2 aliphatic rings. The van der Waals surface area contributed by atoms with Crippen LogP contribution in [0, 0.1) is 11.6 Å². The van der Waals surface area contributed by atoms with E-state index in [0.29, 0.717) is 0 Å². The molecule has 7 nitrogen and oxygen atoms in total. The number of benzene rings is 2. The second kappa shape index (κ2) is 8.83. The van der Waals surface area contributed by atoms with Crippen LogP contribution in [-0.2, 0) is 19.6 Å². The highest BCUT2D eigenvalue weighted by atomic mass is 32.2. The highest BCUT2D eigenvalue weighted by Crippen LogP contribution is 2.34. The molecule has 1 aliphatic heterocycles. The van der Waals surface area contributed by atoms with Crippen molar-refractivity contribution in [1.29, 1.82) is 0 Å². The minimum Gasteiger partial charge on any atom is -0.351 e. The number of piperazine rings is 1. The summed E-state index contributed by atoms with van der Waals surface area (Å²) < 4.78 is 56.1. The molecule has 1 N–H and O–H groups in total. The van der Waals surface area contributed by atoms with Crippen LogP contribution in [0.2, 0.25) is 0 Å². The molecule has 1 unspecified atom stereocenters. The van der Waals surface area contributed by atoms with E-state index in [4.69, 9.17) is 0 Å². The maximum atomic E-state index is 14.7. The lowest BCUT2D eigenvalue weighted by molar-refractivity contribution is -0.133. The number of halogens is 2. The zero-order valence-electron chi connectivity index (χ0n) is 18.1. The van der Waals surface area contributed by atoms with Crippen LogP contribution in [0.4, 0.5) is 14.5 Å². The lowest BCUT2D eigenvalue weighted by Crippen LogP contribution is -2.70. The SMILES string of the molecule is CC1(C(=O)NC2CCCC2)CN(S(=O)(=O)c2ccccc2)CC(=O)N1c1cc(F)ccc1F. The van der Waals surface area contributed by atoms with Gasteiger partial charge in [-0.25, -0.2) is 17.2 Å². The van der Waals surface area contributed by atoms with Crippen molar-refractivity contribution in [3.8, 4) is 0 Å². The second-order valence-electron chi connectivity index (χ2n) is 8.64. The summed E-state index contributed by atoms with van der Waals surface area (Å²) in [6.07, 6.45) is 3.40. The number of hydrogen-bond donors (Lipinski definition) is 1. The smallest absolute Gasteiger partial charge is 0.247 e. The molecule has 2 aromatic carbocycles. The third kappa shape index (κ3) is 4.37. The van der Waals surface area contributed by atoms with Gasteiger partial charge >= 0.3 is 0 Å². The Labute approximate surface area is 191 Å². The molecule has 0 spiro atoms. The van der Waals surface area contributed by atoms with Crippen molar-refractivity contribution < 1.29 is 26.8 Å². The van der Waals surface area contributed by atoms with Gasteiger partial charge in [0.05, 0.1) is 17.1 Å². The first-order valence-corrected chi connectivity index (χ1v) is 12.2. The van der Waals surface area contributed by atoms with Gasteiger partial charge in [-0.2, -0.15) is 4.31 Å². The summed E-state index contributed by atoms with van der Waals surface area (Å²) in [4.78, 5) is 27.6. The Morgan fingerprint density at radius 1 is 1.09 bits per heavy atom. The Balaban J connectivity index is 1.77. The molecule has 33 heavy (non-hydrogen) atoms. The van der Waals surface area contributed by atoms with Gasteiger partial charge in [0.25, 0.3) is 0 Å². The van der Waals surface area contributed by atoms with E-state index in [0.717, 1.165) is 53.1 Å². The highest BCUT2D eigenvalue weighted by Gasteiger charge is 2.52. The Kier molecular flexibility index (Phi) is 6.24. The molecular formula is C23H25F2N3O4S. The van der Waals surface area contributed by atoms with Crippen LogP contribution in [0.3, 0.4) is 0 Å². The van der Waals surface area contributed by atoms with E-state index in [1.807, 2.05) is 0 Å². The van der Waals surface area contributed by atoms with Gasteiger partial charge in [0.2, 0.25) is 21.8 Å². The monoisotopic (exact) mass is 477 g/mol. The van der Waals surface area contributed by atoms with Crippen molar-refractivity contribution in [2.45, 2.75) is 49.1 Å². The summed E-state index contributed by atoms with van der Waals surface area (Å²) >= 11 is 0. The second-order valence-corrected chi connectivity index (χ2v) is 10.6. The molecule has 2 amide bonds. The number of rotatable bonds is 5. The van der Waals surface area contributed by atoms with E-state index < -0.39 is 57.8 Å². The molecule has 10 heteroatoms. The fraction of sp³-hybridized carbons (Fsp3) is 0.391. The van der Waals surface area contributed by atoms with E-state index in [2.05, 4.69) is 5.32 Å². The number of carbonyl (C=O) groups is 2. The van der Waals surface area contributed by atoms with Crippen LogP contribution >= 0.6 is 0 Å². The van der Waals surface area contributed by atoms with E-state index in [1.165, 1.54) is 19.1 Å². The number of nitrogens with one attached hydrogen (secondary N) is 1. The Bertz CT molecular complexity index is 1170. The minimum absolute atomic E-state index is 0.0262.